The van der Waals surface area contributed by atoms with Crippen LogP contribution < -0.4 is 0 Å². The summed E-state index contributed by atoms with van der Waals surface area (Å²) in [4.78, 5) is 15.7. The number of carbonyl (C=O) groups is 1. The molecule has 0 atom stereocenters. The summed E-state index contributed by atoms with van der Waals surface area (Å²) in [6, 6.07) is 0. The third kappa shape index (κ3) is 4.02. The molecule has 0 saturated heterocycles. The van der Waals surface area contributed by atoms with Gasteiger partial charge in [0.2, 0.25) is 0 Å². The molecule has 16 heavy (non-hydrogen) atoms. The fraction of sp³-hybridized carbons (Fsp3) is 0.636. The Balaban J connectivity index is 2.60. The Morgan fingerprint density at radius 2 is 2.25 bits per heavy atom. The fourth-order valence-electron chi connectivity index (χ4n) is 1.17. The number of carbonyl (C=O) groups excluding carboxylic acids is 1. The molecule has 0 aliphatic heterocycles. The molecule has 90 valence electrons. The van der Waals surface area contributed by atoms with Gasteiger partial charge in [-0.1, -0.05) is 0 Å². The normalized spacial score (nSPS) is 11.5. The van der Waals surface area contributed by atoms with Crippen LogP contribution in [0.25, 0.3) is 0 Å². The van der Waals surface area contributed by atoms with E-state index in [-0.39, 0.29) is 6.61 Å². The molecular formula is C11H18N2O3. The van der Waals surface area contributed by atoms with Gasteiger partial charge in [-0.25, -0.2) is 14.3 Å². The van der Waals surface area contributed by atoms with E-state index >= 15 is 0 Å². The standard InChI is InChI=1S/C11H18N2O3/c1-11(2,3)16-10(15)13-7-9(12-8-13)5-4-6-14/h7-8,14H,4-6H2,1-3H3. The van der Waals surface area contributed by atoms with E-state index in [0.717, 1.165) is 5.69 Å². The number of aliphatic hydroxyl groups excluding tert-OH is 1. The largest absolute Gasteiger partial charge is 0.443 e. The quantitative estimate of drug-likeness (QED) is 0.850. The van der Waals surface area contributed by atoms with Gasteiger partial charge in [0.1, 0.15) is 11.9 Å². The molecule has 0 fully saturated rings. The number of imidazole rings is 1. The first-order valence-electron chi connectivity index (χ1n) is 5.29. The summed E-state index contributed by atoms with van der Waals surface area (Å²) in [5, 5.41) is 8.67. The van der Waals surface area contributed by atoms with Crippen LogP contribution in [0.15, 0.2) is 12.5 Å². The molecule has 5 heteroatoms. The molecule has 1 rings (SSSR count). The summed E-state index contributed by atoms with van der Waals surface area (Å²) in [5.41, 5.74) is 0.270. The molecule has 0 bridgehead atoms. The van der Waals surface area contributed by atoms with Crippen molar-refractivity contribution in [1.29, 1.82) is 0 Å². The number of hydrogen-bond donors (Lipinski definition) is 1. The average molecular weight is 226 g/mol. The lowest BCUT2D eigenvalue weighted by atomic mass is 10.2. The molecule has 1 heterocycles. The predicted molar refractivity (Wildman–Crippen MR) is 59.3 cm³/mol. The minimum atomic E-state index is -0.507. The van der Waals surface area contributed by atoms with Crippen molar-refractivity contribution in [2.75, 3.05) is 6.61 Å². The zero-order valence-electron chi connectivity index (χ0n) is 9.93. The number of hydrogen-bond acceptors (Lipinski definition) is 4. The van der Waals surface area contributed by atoms with Crippen LogP contribution in [-0.4, -0.2) is 33.0 Å². The second-order valence-corrected chi connectivity index (χ2v) is 4.58. The van der Waals surface area contributed by atoms with Crippen molar-refractivity contribution in [3.8, 4) is 0 Å². The lowest BCUT2D eigenvalue weighted by molar-refractivity contribution is 0.0536. The molecule has 0 radical (unpaired) electrons. The lowest BCUT2D eigenvalue weighted by Crippen LogP contribution is -2.26. The molecular weight excluding hydrogens is 208 g/mol. The first-order valence-corrected chi connectivity index (χ1v) is 5.29. The van der Waals surface area contributed by atoms with Crippen molar-refractivity contribution in [2.24, 2.45) is 0 Å². The van der Waals surface area contributed by atoms with Gasteiger partial charge in [-0.15, -0.1) is 0 Å². The summed E-state index contributed by atoms with van der Waals surface area (Å²) in [6.07, 6.45) is 3.93. The summed E-state index contributed by atoms with van der Waals surface area (Å²) < 4.78 is 6.49. The second-order valence-electron chi connectivity index (χ2n) is 4.58. The monoisotopic (exact) mass is 226 g/mol. The van der Waals surface area contributed by atoms with Gasteiger partial charge in [-0.05, 0) is 33.6 Å². The van der Waals surface area contributed by atoms with Crippen molar-refractivity contribution in [3.05, 3.63) is 18.2 Å². The zero-order chi connectivity index (χ0) is 12.2. The minimum Gasteiger partial charge on any atom is -0.443 e. The van der Waals surface area contributed by atoms with Crippen LogP contribution in [0, 0.1) is 0 Å². The maximum absolute atomic E-state index is 11.6. The Kier molecular flexibility index (Phi) is 4.06. The highest BCUT2D eigenvalue weighted by atomic mass is 16.6. The SMILES string of the molecule is CC(C)(C)OC(=O)n1cnc(CCCO)c1. The molecule has 0 amide bonds. The van der Waals surface area contributed by atoms with Crippen LogP contribution >= 0.6 is 0 Å². The molecule has 0 aliphatic rings. The van der Waals surface area contributed by atoms with Crippen molar-refractivity contribution >= 4 is 6.09 Å². The lowest BCUT2D eigenvalue weighted by Gasteiger charge is -2.19. The summed E-state index contributed by atoms with van der Waals surface area (Å²) >= 11 is 0. The van der Waals surface area contributed by atoms with E-state index in [1.165, 1.54) is 10.9 Å². The summed E-state index contributed by atoms with van der Waals surface area (Å²) in [6.45, 7) is 5.57. The van der Waals surface area contributed by atoms with Gasteiger partial charge in [0.05, 0.1) is 5.69 Å². The van der Waals surface area contributed by atoms with E-state index in [0.29, 0.717) is 12.8 Å². The number of aromatic nitrogens is 2. The molecule has 1 N–H and O–H groups in total. The number of aryl methyl sites for hydroxylation is 1. The van der Waals surface area contributed by atoms with Gasteiger partial charge < -0.3 is 9.84 Å². The minimum absolute atomic E-state index is 0.124. The highest BCUT2D eigenvalue weighted by Crippen LogP contribution is 2.09. The van der Waals surface area contributed by atoms with Gasteiger partial charge in [-0.2, -0.15) is 0 Å². The zero-order valence-corrected chi connectivity index (χ0v) is 9.93. The number of nitrogens with zero attached hydrogens (tertiary/aromatic N) is 2. The van der Waals surface area contributed by atoms with Crippen molar-refractivity contribution in [3.63, 3.8) is 0 Å². The Bertz CT molecular complexity index is 352. The van der Waals surface area contributed by atoms with Crippen LogP contribution in [0.2, 0.25) is 0 Å². The highest BCUT2D eigenvalue weighted by Gasteiger charge is 2.17. The molecule has 0 saturated carbocycles. The smallest absolute Gasteiger partial charge is 0.419 e. The van der Waals surface area contributed by atoms with Gasteiger partial charge >= 0.3 is 6.09 Å². The van der Waals surface area contributed by atoms with E-state index in [2.05, 4.69) is 4.98 Å². The van der Waals surface area contributed by atoms with Crippen LogP contribution in [0.1, 0.15) is 32.9 Å². The molecule has 0 aliphatic carbocycles. The number of ether oxygens (including phenoxy) is 1. The van der Waals surface area contributed by atoms with Crippen LogP contribution in [-0.2, 0) is 11.2 Å². The first-order chi connectivity index (χ1) is 7.42. The maximum atomic E-state index is 11.6. The maximum Gasteiger partial charge on any atom is 0.419 e. The molecule has 0 aromatic carbocycles. The molecule has 1 aromatic heterocycles. The molecule has 5 nitrogen and oxygen atoms in total. The fourth-order valence-corrected chi connectivity index (χ4v) is 1.17. The third-order valence-corrected chi connectivity index (χ3v) is 1.83. The van der Waals surface area contributed by atoms with E-state index < -0.39 is 11.7 Å². The second kappa shape index (κ2) is 5.12. The van der Waals surface area contributed by atoms with Crippen molar-refractivity contribution < 1.29 is 14.6 Å². The Hall–Kier alpha value is -1.36. The van der Waals surface area contributed by atoms with Crippen LogP contribution in [0.3, 0.4) is 0 Å². The number of rotatable bonds is 3. The van der Waals surface area contributed by atoms with Crippen molar-refractivity contribution in [1.82, 2.24) is 9.55 Å². The predicted octanol–water partition coefficient (Wildman–Crippen LogP) is 1.59. The van der Waals surface area contributed by atoms with Crippen LogP contribution in [0.5, 0.6) is 0 Å². The van der Waals surface area contributed by atoms with Gasteiger partial charge in [0.25, 0.3) is 0 Å². The summed E-state index contributed by atoms with van der Waals surface area (Å²) in [7, 11) is 0. The number of aliphatic hydroxyl groups is 1. The molecule has 0 spiro atoms. The van der Waals surface area contributed by atoms with E-state index in [1.54, 1.807) is 6.20 Å². The third-order valence-electron chi connectivity index (χ3n) is 1.83. The van der Waals surface area contributed by atoms with E-state index in [1.807, 2.05) is 20.8 Å². The Morgan fingerprint density at radius 3 is 2.81 bits per heavy atom. The van der Waals surface area contributed by atoms with Gasteiger partial charge in [0, 0.05) is 12.8 Å². The Morgan fingerprint density at radius 1 is 1.56 bits per heavy atom. The first kappa shape index (κ1) is 12.7. The molecule has 1 aromatic rings. The molecule has 0 unspecified atom stereocenters. The topological polar surface area (TPSA) is 64.4 Å². The summed E-state index contributed by atoms with van der Waals surface area (Å²) in [5.74, 6) is 0. The van der Waals surface area contributed by atoms with Gasteiger partial charge in [-0.3, -0.25) is 0 Å². The van der Waals surface area contributed by atoms with Crippen molar-refractivity contribution in [2.45, 2.75) is 39.2 Å². The van der Waals surface area contributed by atoms with E-state index in [4.69, 9.17) is 9.84 Å². The van der Waals surface area contributed by atoms with Crippen LogP contribution in [0.4, 0.5) is 4.79 Å². The average Bonchev–Trinajstić information content (AvgIpc) is 2.60. The highest BCUT2D eigenvalue weighted by molar-refractivity contribution is 5.70. The van der Waals surface area contributed by atoms with E-state index in [9.17, 15) is 4.79 Å². The van der Waals surface area contributed by atoms with Gasteiger partial charge in [0.15, 0.2) is 0 Å². The Labute approximate surface area is 95.1 Å².